The van der Waals surface area contributed by atoms with Crippen molar-refractivity contribution in [3.05, 3.63) is 58.1 Å². The predicted molar refractivity (Wildman–Crippen MR) is 116 cm³/mol. The first-order valence-corrected chi connectivity index (χ1v) is 12.1. The number of sulfonamides is 1. The molecule has 1 unspecified atom stereocenters. The molecule has 30 heavy (non-hydrogen) atoms. The van der Waals surface area contributed by atoms with Crippen molar-refractivity contribution in [2.24, 2.45) is 0 Å². The molecule has 2 aromatic carbocycles. The average molecular weight is 453 g/mol. The van der Waals surface area contributed by atoms with Gasteiger partial charge < -0.3 is 9.47 Å². The third-order valence-corrected chi connectivity index (χ3v) is 8.00. The van der Waals surface area contributed by atoms with Crippen LogP contribution in [0.25, 0.3) is 0 Å². The molecule has 0 aliphatic carbocycles. The molecule has 0 saturated carbocycles. The van der Waals surface area contributed by atoms with Gasteiger partial charge in [0.25, 0.3) is 0 Å². The minimum absolute atomic E-state index is 0.139. The maximum atomic E-state index is 13.2. The van der Waals surface area contributed by atoms with Crippen molar-refractivity contribution in [1.29, 1.82) is 0 Å². The Labute approximate surface area is 180 Å². The molecular weight excluding hydrogens is 428 g/mol. The average Bonchev–Trinajstić information content (AvgIpc) is 3.24. The second-order valence-electron chi connectivity index (χ2n) is 6.70. The van der Waals surface area contributed by atoms with Crippen LogP contribution in [0.1, 0.15) is 30.7 Å². The Balaban J connectivity index is 1.85. The maximum absolute atomic E-state index is 13.2. The van der Waals surface area contributed by atoms with E-state index in [1.165, 1.54) is 47.4 Å². The van der Waals surface area contributed by atoms with Crippen LogP contribution in [0.15, 0.2) is 47.4 Å². The number of unbranched alkanes of at least 4 members (excludes halogenated alkanes) is 1. The molecule has 1 heterocycles. The van der Waals surface area contributed by atoms with Crippen LogP contribution in [0.3, 0.4) is 0 Å². The lowest BCUT2D eigenvalue weighted by Gasteiger charge is -2.23. The molecule has 162 valence electrons. The number of nitro benzene ring substituents is 1. The summed E-state index contributed by atoms with van der Waals surface area (Å²) in [7, 11) is -2.41. The van der Waals surface area contributed by atoms with E-state index in [0.717, 1.165) is 12.8 Å². The Morgan fingerprint density at radius 2 is 1.97 bits per heavy atom. The topological polar surface area (TPSA) is 99.0 Å². The molecule has 1 aliphatic rings. The Morgan fingerprint density at radius 3 is 2.60 bits per heavy atom. The van der Waals surface area contributed by atoms with Gasteiger partial charge in [0.15, 0.2) is 5.75 Å². The van der Waals surface area contributed by atoms with E-state index in [4.69, 9.17) is 9.47 Å². The zero-order valence-corrected chi connectivity index (χ0v) is 18.4. The highest BCUT2D eigenvalue weighted by atomic mass is 32.2. The molecule has 0 radical (unpaired) electrons. The number of thioether (sulfide) groups is 1. The van der Waals surface area contributed by atoms with E-state index in [-0.39, 0.29) is 16.3 Å². The van der Waals surface area contributed by atoms with Gasteiger partial charge in [0, 0.05) is 18.4 Å². The van der Waals surface area contributed by atoms with Crippen LogP contribution in [-0.2, 0) is 10.0 Å². The number of benzene rings is 2. The summed E-state index contributed by atoms with van der Waals surface area (Å²) >= 11 is 1.43. The number of hydrogen-bond donors (Lipinski definition) is 0. The van der Waals surface area contributed by atoms with Crippen molar-refractivity contribution in [1.82, 2.24) is 4.31 Å². The van der Waals surface area contributed by atoms with Gasteiger partial charge in [-0.05, 0) is 42.3 Å². The summed E-state index contributed by atoms with van der Waals surface area (Å²) in [6.45, 7) is 2.98. The van der Waals surface area contributed by atoms with Gasteiger partial charge in [-0.15, -0.1) is 11.8 Å². The minimum Gasteiger partial charge on any atom is -0.494 e. The highest BCUT2D eigenvalue weighted by molar-refractivity contribution is 8.01. The van der Waals surface area contributed by atoms with Gasteiger partial charge in [-0.25, -0.2) is 8.42 Å². The smallest absolute Gasteiger partial charge is 0.311 e. The molecule has 2 aromatic rings. The molecule has 0 aromatic heterocycles. The number of nitro groups is 1. The van der Waals surface area contributed by atoms with Gasteiger partial charge in [0.2, 0.25) is 10.0 Å². The van der Waals surface area contributed by atoms with Crippen LogP contribution in [0.2, 0.25) is 0 Å². The summed E-state index contributed by atoms with van der Waals surface area (Å²) in [6, 6.07) is 10.9. The molecule has 0 amide bonds. The zero-order chi connectivity index (χ0) is 21.7. The molecule has 1 aliphatic heterocycles. The van der Waals surface area contributed by atoms with Crippen LogP contribution in [-0.4, -0.2) is 43.7 Å². The quantitative estimate of drug-likeness (QED) is 0.319. The van der Waals surface area contributed by atoms with E-state index in [1.54, 1.807) is 18.2 Å². The lowest BCUT2D eigenvalue weighted by Crippen LogP contribution is -2.30. The van der Waals surface area contributed by atoms with Crippen molar-refractivity contribution >= 4 is 27.5 Å². The van der Waals surface area contributed by atoms with Crippen LogP contribution >= 0.6 is 11.8 Å². The third-order valence-electron chi connectivity index (χ3n) is 4.73. The molecule has 1 atom stereocenters. The molecule has 0 N–H and O–H groups in total. The van der Waals surface area contributed by atoms with Gasteiger partial charge in [0.1, 0.15) is 5.75 Å². The van der Waals surface area contributed by atoms with Gasteiger partial charge in [-0.1, -0.05) is 19.4 Å². The SMILES string of the molecule is CCCCOc1ccc(S(=O)(=O)N2CCSC2c2ccc(OC)c([N+](=O)[O-])c2)cc1. The molecule has 1 fully saturated rings. The molecular formula is C20H24N2O6S2. The van der Waals surface area contributed by atoms with Crippen molar-refractivity contribution in [2.75, 3.05) is 26.0 Å². The first kappa shape index (κ1) is 22.4. The molecule has 3 rings (SSSR count). The van der Waals surface area contributed by atoms with Crippen LogP contribution < -0.4 is 9.47 Å². The first-order chi connectivity index (χ1) is 14.4. The van der Waals surface area contributed by atoms with E-state index < -0.39 is 20.3 Å². The Hall–Kier alpha value is -2.30. The van der Waals surface area contributed by atoms with Crippen LogP contribution in [0, 0.1) is 10.1 Å². The van der Waals surface area contributed by atoms with E-state index in [9.17, 15) is 18.5 Å². The largest absolute Gasteiger partial charge is 0.494 e. The minimum atomic E-state index is -3.77. The van der Waals surface area contributed by atoms with E-state index in [2.05, 4.69) is 6.92 Å². The van der Waals surface area contributed by atoms with Crippen LogP contribution in [0.5, 0.6) is 11.5 Å². The fraction of sp³-hybridized carbons (Fsp3) is 0.400. The summed E-state index contributed by atoms with van der Waals surface area (Å²) in [5.74, 6) is 1.36. The fourth-order valence-corrected chi connectivity index (χ4v) is 6.37. The molecule has 1 saturated heterocycles. The summed E-state index contributed by atoms with van der Waals surface area (Å²) in [5.41, 5.74) is 0.363. The van der Waals surface area contributed by atoms with E-state index in [1.807, 2.05) is 0 Å². The van der Waals surface area contributed by atoms with Gasteiger partial charge >= 0.3 is 5.69 Å². The fourth-order valence-electron chi connectivity index (χ4n) is 3.14. The summed E-state index contributed by atoms with van der Waals surface area (Å²) < 4.78 is 38.5. The maximum Gasteiger partial charge on any atom is 0.311 e. The normalized spacial score (nSPS) is 17.1. The second kappa shape index (κ2) is 9.67. The second-order valence-corrected chi connectivity index (χ2v) is 9.78. The highest BCUT2D eigenvalue weighted by Gasteiger charge is 2.37. The van der Waals surface area contributed by atoms with Crippen molar-refractivity contribution < 1.29 is 22.8 Å². The number of ether oxygens (including phenoxy) is 2. The van der Waals surface area contributed by atoms with E-state index >= 15 is 0 Å². The lowest BCUT2D eigenvalue weighted by molar-refractivity contribution is -0.385. The number of nitrogens with zero attached hydrogens (tertiary/aromatic N) is 2. The third kappa shape index (κ3) is 4.71. The van der Waals surface area contributed by atoms with Crippen LogP contribution in [0.4, 0.5) is 5.69 Å². The number of rotatable bonds is 9. The summed E-state index contributed by atoms with van der Waals surface area (Å²) in [5, 5.41) is 10.8. The van der Waals surface area contributed by atoms with Crippen molar-refractivity contribution in [3.63, 3.8) is 0 Å². The zero-order valence-electron chi connectivity index (χ0n) is 16.8. The number of methoxy groups -OCH3 is 1. The molecule has 0 spiro atoms. The van der Waals surface area contributed by atoms with Gasteiger partial charge in [-0.2, -0.15) is 4.31 Å². The molecule has 0 bridgehead atoms. The van der Waals surface area contributed by atoms with Gasteiger partial charge in [0.05, 0.1) is 28.9 Å². The highest BCUT2D eigenvalue weighted by Crippen LogP contribution is 2.43. The summed E-state index contributed by atoms with van der Waals surface area (Å²) in [4.78, 5) is 11.0. The Kier molecular flexibility index (Phi) is 7.22. The Bertz CT molecular complexity index is 995. The monoisotopic (exact) mass is 452 g/mol. The number of hydrogen-bond acceptors (Lipinski definition) is 7. The van der Waals surface area contributed by atoms with Crippen molar-refractivity contribution in [3.8, 4) is 11.5 Å². The molecule has 8 nitrogen and oxygen atoms in total. The standard InChI is InChI=1S/C20H24N2O6S2/c1-3-4-12-28-16-6-8-17(9-7-16)30(25,26)21-11-13-29-20(21)15-5-10-19(27-2)18(14-15)22(23)24/h5-10,14,20H,3-4,11-13H2,1-2H3. The van der Waals surface area contributed by atoms with Crippen molar-refractivity contribution in [2.45, 2.75) is 30.0 Å². The first-order valence-electron chi connectivity index (χ1n) is 9.57. The lowest BCUT2D eigenvalue weighted by atomic mass is 10.2. The predicted octanol–water partition coefficient (Wildman–Crippen LogP) is 4.22. The molecule has 10 heteroatoms. The van der Waals surface area contributed by atoms with E-state index in [0.29, 0.717) is 30.2 Å². The summed E-state index contributed by atoms with van der Waals surface area (Å²) in [6.07, 6.45) is 1.95. The Morgan fingerprint density at radius 1 is 1.23 bits per heavy atom. The van der Waals surface area contributed by atoms with Gasteiger partial charge in [-0.3, -0.25) is 10.1 Å².